The van der Waals surface area contributed by atoms with Crippen LogP contribution in [0.4, 0.5) is 25.0 Å². The number of halogens is 2. The number of aromatic carboxylic acids is 1. The predicted molar refractivity (Wildman–Crippen MR) is 137 cm³/mol. The molecule has 1 aliphatic rings. The first kappa shape index (κ1) is 25.8. The monoisotopic (exact) mass is 507 g/mol. The van der Waals surface area contributed by atoms with Crippen LogP contribution in [0.2, 0.25) is 0 Å². The number of amides is 3. The van der Waals surface area contributed by atoms with Crippen LogP contribution in [-0.2, 0) is 4.79 Å². The molecule has 0 aliphatic carbocycles. The Morgan fingerprint density at radius 3 is 2.11 bits per heavy atom. The van der Waals surface area contributed by atoms with Crippen molar-refractivity contribution in [3.05, 3.63) is 83.4 Å². The molecule has 1 unspecified atom stereocenters. The number of carboxylic acid groups (broad SMARTS) is 1. The molecule has 9 heteroatoms. The van der Waals surface area contributed by atoms with Gasteiger partial charge in [0.05, 0.1) is 5.56 Å². The van der Waals surface area contributed by atoms with E-state index in [0.717, 1.165) is 17.7 Å². The fourth-order valence-electron chi connectivity index (χ4n) is 4.30. The Morgan fingerprint density at radius 1 is 0.919 bits per heavy atom. The fourth-order valence-corrected chi connectivity index (χ4v) is 4.30. The minimum atomic E-state index is -1.11. The third-order valence-electron chi connectivity index (χ3n) is 6.40. The quantitative estimate of drug-likeness (QED) is 0.376. The lowest BCUT2D eigenvalue weighted by atomic mass is 10.0. The molecule has 0 bridgehead atoms. The zero-order chi connectivity index (χ0) is 26.7. The predicted octanol–water partition coefficient (Wildman–Crippen LogP) is 6.09. The number of urea groups is 1. The van der Waals surface area contributed by atoms with Crippen molar-refractivity contribution >= 4 is 29.3 Å². The van der Waals surface area contributed by atoms with Crippen molar-refractivity contribution in [3.63, 3.8) is 0 Å². The number of likely N-dealkylation sites (tertiary alicyclic amines) is 1. The van der Waals surface area contributed by atoms with E-state index in [4.69, 9.17) is 5.11 Å². The van der Waals surface area contributed by atoms with Crippen molar-refractivity contribution in [1.82, 2.24) is 4.90 Å². The second-order valence-corrected chi connectivity index (χ2v) is 9.24. The molecule has 37 heavy (non-hydrogen) atoms. The number of anilines is 2. The summed E-state index contributed by atoms with van der Waals surface area (Å²) in [4.78, 5) is 38.2. The number of carbonyl (C=O) groups is 3. The zero-order valence-corrected chi connectivity index (χ0v) is 20.4. The average molecular weight is 508 g/mol. The second-order valence-electron chi connectivity index (χ2n) is 9.24. The number of carbonyl (C=O) groups excluding carboxylic acids is 2. The number of rotatable bonds is 6. The molecule has 3 aromatic rings. The molecule has 0 saturated carbocycles. The van der Waals surface area contributed by atoms with E-state index in [2.05, 4.69) is 24.5 Å². The Labute approximate surface area is 213 Å². The normalized spacial score (nSPS) is 15.1. The molecule has 0 aromatic heterocycles. The van der Waals surface area contributed by atoms with E-state index in [0.29, 0.717) is 36.6 Å². The number of carboxylic acids is 1. The number of nitrogens with zero attached hydrogens (tertiary/aromatic N) is 1. The average Bonchev–Trinajstić information content (AvgIpc) is 3.37. The SMILES string of the molecule is CC(C)c1ccc(NC(=O)N2CCCC2C(=O)Nc2c(F)cc(-c3ccc(C(=O)O)cc3)cc2F)cc1. The second kappa shape index (κ2) is 10.8. The van der Waals surface area contributed by atoms with Gasteiger partial charge in [0.1, 0.15) is 23.4 Å². The molecular formula is C28H27F2N3O4. The van der Waals surface area contributed by atoms with E-state index in [9.17, 15) is 23.2 Å². The smallest absolute Gasteiger partial charge is 0.335 e. The lowest BCUT2D eigenvalue weighted by Gasteiger charge is -2.24. The van der Waals surface area contributed by atoms with Crippen LogP contribution in [0.3, 0.4) is 0 Å². The summed E-state index contributed by atoms with van der Waals surface area (Å²) in [6.07, 6.45) is 0.941. The summed E-state index contributed by atoms with van der Waals surface area (Å²) in [6, 6.07) is 13.8. The largest absolute Gasteiger partial charge is 0.478 e. The molecule has 192 valence electrons. The number of nitrogens with one attached hydrogen (secondary N) is 2. The van der Waals surface area contributed by atoms with Crippen LogP contribution in [-0.4, -0.2) is 40.5 Å². The van der Waals surface area contributed by atoms with Crippen LogP contribution >= 0.6 is 0 Å². The van der Waals surface area contributed by atoms with Gasteiger partial charge in [0.15, 0.2) is 0 Å². The van der Waals surface area contributed by atoms with Crippen LogP contribution < -0.4 is 10.6 Å². The van der Waals surface area contributed by atoms with Crippen LogP contribution in [0.25, 0.3) is 11.1 Å². The maximum atomic E-state index is 14.8. The Kier molecular flexibility index (Phi) is 7.52. The van der Waals surface area contributed by atoms with Gasteiger partial charge in [-0.15, -0.1) is 0 Å². The van der Waals surface area contributed by atoms with Gasteiger partial charge >= 0.3 is 12.0 Å². The molecule has 3 amide bonds. The Morgan fingerprint density at radius 2 is 1.54 bits per heavy atom. The summed E-state index contributed by atoms with van der Waals surface area (Å²) in [5.74, 6) is -3.40. The third kappa shape index (κ3) is 5.77. The molecule has 1 aliphatic heterocycles. The van der Waals surface area contributed by atoms with Gasteiger partial charge in [0.25, 0.3) is 0 Å². The van der Waals surface area contributed by atoms with Crippen LogP contribution in [0, 0.1) is 11.6 Å². The third-order valence-corrected chi connectivity index (χ3v) is 6.40. The Hall–Kier alpha value is -4.27. The Balaban J connectivity index is 1.46. The van der Waals surface area contributed by atoms with Crippen molar-refractivity contribution in [3.8, 4) is 11.1 Å². The van der Waals surface area contributed by atoms with Gasteiger partial charge < -0.3 is 20.6 Å². The lowest BCUT2D eigenvalue weighted by molar-refractivity contribution is -0.119. The molecular weight excluding hydrogens is 480 g/mol. The van der Waals surface area contributed by atoms with E-state index >= 15 is 0 Å². The summed E-state index contributed by atoms with van der Waals surface area (Å²) in [6.45, 7) is 4.47. The molecule has 1 saturated heterocycles. The summed E-state index contributed by atoms with van der Waals surface area (Å²) < 4.78 is 29.7. The first-order valence-electron chi connectivity index (χ1n) is 11.9. The van der Waals surface area contributed by atoms with Gasteiger partial charge in [-0.2, -0.15) is 0 Å². The highest BCUT2D eigenvalue weighted by Gasteiger charge is 2.35. The van der Waals surface area contributed by atoms with Crippen molar-refractivity contribution < 1.29 is 28.3 Å². The minimum Gasteiger partial charge on any atom is -0.478 e. The highest BCUT2D eigenvalue weighted by molar-refractivity contribution is 6.00. The summed E-state index contributed by atoms with van der Waals surface area (Å²) in [7, 11) is 0. The molecule has 1 heterocycles. The minimum absolute atomic E-state index is 0.0475. The van der Waals surface area contributed by atoms with E-state index in [1.165, 1.54) is 29.2 Å². The Bertz CT molecular complexity index is 1300. The molecule has 3 N–H and O–H groups in total. The zero-order valence-electron chi connectivity index (χ0n) is 20.4. The van der Waals surface area contributed by atoms with E-state index in [-0.39, 0.29) is 11.1 Å². The van der Waals surface area contributed by atoms with Crippen molar-refractivity contribution in [2.24, 2.45) is 0 Å². The van der Waals surface area contributed by atoms with E-state index in [1.54, 1.807) is 12.1 Å². The van der Waals surface area contributed by atoms with Gasteiger partial charge in [-0.3, -0.25) is 4.79 Å². The molecule has 0 radical (unpaired) electrons. The van der Waals surface area contributed by atoms with Crippen molar-refractivity contribution in [2.45, 2.75) is 38.6 Å². The molecule has 4 rings (SSSR count). The number of hydrogen-bond acceptors (Lipinski definition) is 3. The molecule has 1 atom stereocenters. The standard InChI is InChI=1S/C28H27F2N3O4/c1-16(2)17-9-11-21(12-10-17)31-28(37)33-13-3-4-24(33)26(34)32-25-22(29)14-20(15-23(25)30)18-5-7-19(8-6-18)27(35)36/h5-12,14-16,24H,3-4,13H2,1-2H3,(H,31,37)(H,32,34)(H,35,36). The summed E-state index contributed by atoms with van der Waals surface area (Å²) in [5, 5.41) is 14.1. The highest BCUT2D eigenvalue weighted by Crippen LogP contribution is 2.29. The van der Waals surface area contributed by atoms with Crippen LogP contribution in [0.5, 0.6) is 0 Å². The lowest BCUT2D eigenvalue weighted by Crippen LogP contribution is -2.45. The van der Waals surface area contributed by atoms with Crippen LogP contribution in [0.15, 0.2) is 60.7 Å². The summed E-state index contributed by atoms with van der Waals surface area (Å²) in [5.41, 5.74) is 1.77. The first-order valence-corrected chi connectivity index (χ1v) is 11.9. The molecule has 0 spiro atoms. The maximum absolute atomic E-state index is 14.8. The van der Waals surface area contributed by atoms with Gasteiger partial charge in [-0.1, -0.05) is 38.1 Å². The van der Waals surface area contributed by atoms with Crippen LogP contribution in [0.1, 0.15) is 48.5 Å². The van der Waals surface area contributed by atoms with E-state index in [1.807, 2.05) is 12.1 Å². The maximum Gasteiger partial charge on any atom is 0.335 e. The number of benzene rings is 3. The topological polar surface area (TPSA) is 98.7 Å². The first-order chi connectivity index (χ1) is 17.6. The van der Waals surface area contributed by atoms with Gasteiger partial charge in [0, 0.05) is 12.2 Å². The van der Waals surface area contributed by atoms with Gasteiger partial charge in [-0.05, 0) is 71.8 Å². The van der Waals surface area contributed by atoms with Gasteiger partial charge in [-0.25, -0.2) is 18.4 Å². The van der Waals surface area contributed by atoms with Crippen molar-refractivity contribution in [2.75, 3.05) is 17.2 Å². The van der Waals surface area contributed by atoms with Gasteiger partial charge in [0.2, 0.25) is 5.91 Å². The van der Waals surface area contributed by atoms with Crippen molar-refractivity contribution in [1.29, 1.82) is 0 Å². The number of hydrogen-bond donors (Lipinski definition) is 3. The molecule has 7 nitrogen and oxygen atoms in total. The molecule has 3 aromatic carbocycles. The summed E-state index contributed by atoms with van der Waals surface area (Å²) >= 11 is 0. The highest BCUT2D eigenvalue weighted by atomic mass is 19.1. The fraction of sp³-hybridized carbons (Fsp3) is 0.250. The molecule has 1 fully saturated rings. The van der Waals surface area contributed by atoms with E-state index < -0.39 is 41.3 Å².